The van der Waals surface area contributed by atoms with Crippen LogP contribution in [0.25, 0.3) is 33.5 Å². The van der Waals surface area contributed by atoms with Crippen LogP contribution in [0.15, 0.2) is 85.1 Å². The molecule has 40 heavy (non-hydrogen) atoms. The molecule has 0 aliphatic carbocycles. The fourth-order valence-electron chi connectivity index (χ4n) is 4.27. The second-order valence-electron chi connectivity index (χ2n) is 9.87. The van der Waals surface area contributed by atoms with Crippen LogP contribution in [0.2, 0.25) is 0 Å². The van der Waals surface area contributed by atoms with Gasteiger partial charge in [-0.25, -0.2) is 19.7 Å². The second-order valence-corrected chi connectivity index (χ2v) is 9.87. The van der Waals surface area contributed by atoms with Crippen molar-refractivity contribution in [2.75, 3.05) is 5.32 Å². The van der Waals surface area contributed by atoms with Gasteiger partial charge in [0.15, 0.2) is 6.10 Å². The second kappa shape index (κ2) is 11.5. The number of fused-ring (bicyclic) bond motifs is 1. The smallest absolute Gasteiger partial charge is 0.338 e. The van der Waals surface area contributed by atoms with Crippen LogP contribution >= 0.6 is 0 Å². The molecule has 1 unspecified atom stereocenters. The SMILES string of the molecule is CCC(OC(=O)c1ccc2nc(-c3ccc(C)cc3)c(-c3ccc(C)cc3)nc2c1)C(=O)Nc1ccc(C)cn1. The van der Waals surface area contributed by atoms with Crippen LogP contribution in [-0.4, -0.2) is 32.9 Å². The van der Waals surface area contributed by atoms with E-state index in [9.17, 15) is 9.59 Å². The Morgan fingerprint density at radius 2 is 1.32 bits per heavy atom. The summed E-state index contributed by atoms with van der Waals surface area (Å²) in [6.07, 6.45) is 1.01. The monoisotopic (exact) mass is 530 g/mol. The molecule has 2 heterocycles. The lowest BCUT2D eigenvalue weighted by atomic mass is 10.0. The minimum Gasteiger partial charge on any atom is -0.449 e. The molecule has 2 aromatic heterocycles. The Morgan fingerprint density at radius 1 is 0.750 bits per heavy atom. The molecule has 0 aliphatic rings. The maximum Gasteiger partial charge on any atom is 0.338 e. The van der Waals surface area contributed by atoms with Crippen LogP contribution in [0.1, 0.15) is 40.4 Å². The van der Waals surface area contributed by atoms with Crippen LogP contribution < -0.4 is 5.32 Å². The number of esters is 1. The van der Waals surface area contributed by atoms with Crippen molar-refractivity contribution >= 4 is 28.7 Å². The van der Waals surface area contributed by atoms with E-state index < -0.39 is 18.0 Å². The van der Waals surface area contributed by atoms with E-state index in [-0.39, 0.29) is 0 Å². The van der Waals surface area contributed by atoms with E-state index in [0.29, 0.717) is 28.8 Å². The van der Waals surface area contributed by atoms with Gasteiger partial charge in [-0.05, 0) is 57.0 Å². The molecule has 1 amide bonds. The van der Waals surface area contributed by atoms with Gasteiger partial charge < -0.3 is 10.1 Å². The molecule has 7 nitrogen and oxygen atoms in total. The molecule has 1 N–H and O–H groups in total. The molecule has 0 saturated heterocycles. The molecule has 0 radical (unpaired) electrons. The van der Waals surface area contributed by atoms with Gasteiger partial charge in [-0.15, -0.1) is 0 Å². The summed E-state index contributed by atoms with van der Waals surface area (Å²) in [5.41, 5.74) is 8.15. The molecule has 200 valence electrons. The van der Waals surface area contributed by atoms with E-state index in [4.69, 9.17) is 14.7 Å². The topological polar surface area (TPSA) is 94.1 Å². The van der Waals surface area contributed by atoms with E-state index in [1.165, 1.54) is 0 Å². The van der Waals surface area contributed by atoms with E-state index in [1.807, 2.05) is 63.2 Å². The average Bonchev–Trinajstić information content (AvgIpc) is 2.96. The molecule has 0 fully saturated rings. The van der Waals surface area contributed by atoms with Gasteiger partial charge in [-0.1, -0.05) is 72.6 Å². The number of rotatable bonds is 7. The van der Waals surface area contributed by atoms with Crippen LogP contribution in [0, 0.1) is 20.8 Å². The number of aryl methyl sites for hydroxylation is 3. The minimum atomic E-state index is -0.968. The number of carbonyl (C=O) groups excluding carboxylic acids is 2. The highest BCUT2D eigenvalue weighted by atomic mass is 16.5. The number of carbonyl (C=O) groups is 2. The van der Waals surface area contributed by atoms with Crippen molar-refractivity contribution in [3.63, 3.8) is 0 Å². The number of hydrogen-bond donors (Lipinski definition) is 1. The van der Waals surface area contributed by atoms with Gasteiger partial charge in [-0.3, -0.25) is 4.79 Å². The van der Waals surface area contributed by atoms with Crippen molar-refractivity contribution in [1.29, 1.82) is 0 Å². The maximum absolute atomic E-state index is 13.1. The molecule has 0 spiro atoms. The third-order valence-corrected chi connectivity index (χ3v) is 6.63. The van der Waals surface area contributed by atoms with Gasteiger partial charge in [0, 0.05) is 17.3 Å². The first-order chi connectivity index (χ1) is 19.3. The van der Waals surface area contributed by atoms with Gasteiger partial charge in [0.1, 0.15) is 5.82 Å². The van der Waals surface area contributed by atoms with Crippen molar-refractivity contribution in [3.8, 4) is 22.5 Å². The number of benzene rings is 3. The Hall–Kier alpha value is -4.91. The summed E-state index contributed by atoms with van der Waals surface area (Å²) in [6.45, 7) is 7.78. The molecule has 0 saturated carbocycles. The highest BCUT2D eigenvalue weighted by molar-refractivity contribution is 5.99. The van der Waals surface area contributed by atoms with Gasteiger partial charge in [0.2, 0.25) is 0 Å². The van der Waals surface area contributed by atoms with Crippen molar-refractivity contribution in [2.45, 2.75) is 40.2 Å². The molecule has 5 aromatic rings. The van der Waals surface area contributed by atoms with Gasteiger partial charge in [0.05, 0.1) is 28.0 Å². The lowest BCUT2D eigenvalue weighted by Gasteiger charge is -2.16. The Kier molecular flexibility index (Phi) is 7.64. The largest absolute Gasteiger partial charge is 0.449 e. The number of amides is 1. The number of aromatic nitrogens is 3. The molecule has 7 heteroatoms. The predicted octanol–water partition coefficient (Wildman–Crippen LogP) is 6.86. The van der Waals surface area contributed by atoms with Crippen molar-refractivity contribution in [1.82, 2.24) is 15.0 Å². The van der Waals surface area contributed by atoms with Crippen molar-refractivity contribution in [3.05, 3.63) is 107 Å². The van der Waals surface area contributed by atoms with Gasteiger partial charge in [-0.2, -0.15) is 0 Å². The number of hydrogen-bond acceptors (Lipinski definition) is 6. The van der Waals surface area contributed by atoms with E-state index in [0.717, 1.165) is 39.2 Å². The van der Waals surface area contributed by atoms with Crippen LogP contribution in [0.4, 0.5) is 5.82 Å². The minimum absolute atomic E-state index is 0.291. The van der Waals surface area contributed by atoms with E-state index >= 15 is 0 Å². The first-order valence-electron chi connectivity index (χ1n) is 13.2. The van der Waals surface area contributed by atoms with Crippen LogP contribution in [-0.2, 0) is 9.53 Å². The Morgan fingerprint density at radius 3 is 1.88 bits per heavy atom. The number of ether oxygens (including phenoxy) is 1. The molecular formula is C33H30N4O3. The highest BCUT2D eigenvalue weighted by Gasteiger charge is 2.23. The number of nitrogens with one attached hydrogen (secondary N) is 1. The lowest BCUT2D eigenvalue weighted by molar-refractivity contribution is -0.124. The number of pyridine rings is 1. The predicted molar refractivity (Wildman–Crippen MR) is 157 cm³/mol. The average molecular weight is 531 g/mol. The fourth-order valence-corrected chi connectivity index (χ4v) is 4.27. The molecule has 1 atom stereocenters. The summed E-state index contributed by atoms with van der Waals surface area (Å²) in [7, 11) is 0. The molecule has 0 aliphatic heterocycles. The summed E-state index contributed by atoms with van der Waals surface area (Å²) in [5, 5.41) is 2.71. The van der Waals surface area contributed by atoms with Crippen LogP contribution in [0.5, 0.6) is 0 Å². The normalized spacial score (nSPS) is 11.7. The zero-order valence-corrected chi connectivity index (χ0v) is 22.9. The highest BCUT2D eigenvalue weighted by Crippen LogP contribution is 2.31. The van der Waals surface area contributed by atoms with E-state index in [2.05, 4.69) is 22.4 Å². The van der Waals surface area contributed by atoms with E-state index in [1.54, 1.807) is 37.4 Å². The summed E-state index contributed by atoms with van der Waals surface area (Å²) in [4.78, 5) is 40.0. The summed E-state index contributed by atoms with van der Waals surface area (Å²) in [5.74, 6) is -0.640. The summed E-state index contributed by atoms with van der Waals surface area (Å²) in [6, 6.07) is 24.9. The standard InChI is InChI=1S/C33H30N4O3/c1-5-28(32(38)37-29-17-10-22(4)19-34-29)40-33(39)25-15-16-26-27(18-25)36-31(24-13-8-21(3)9-14-24)30(35-26)23-11-6-20(2)7-12-23/h6-19,28H,5H2,1-4H3,(H,34,37,38). The van der Waals surface area contributed by atoms with Crippen molar-refractivity contribution in [2.24, 2.45) is 0 Å². The third kappa shape index (κ3) is 5.89. The van der Waals surface area contributed by atoms with Gasteiger partial charge in [0.25, 0.3) is 5.91 Å². The maximum atomic E-state index is 13.1. The summed E-state index contributed by atoms with van der Waals surface area (Å²) < 4.78 is 5.60. The number of nitrogens with zero attached hydrogens (tertiary/aromatic N) is 3. The van der Waals surface area contributed by atoms with Crippen molar-refractivity contribution < 1.29 is 14.3 Å². The quantitative estimate of drug-likeness (QED) is 0.231. The van der Waals surface area contributed by atoms with Gasteiger partial charge >= 0.3 is 5.97 Å². The lowest BCUT2D eigenvalue weighted by Crippen LogP contribution is -2.32. The molecule has 0 bridgehead atoms. The zero-order valence-electron chi connectivity index (χ0n) is 22.9. The Labute approximate surface area is 233 Å². The first-order valence-corrected chi connectivity index (χ1v) is 13.2. The Balaban J connectivity index is 1.46. The number of anilines is 1. The zero-order chi connectivity index (χ0) is 28.2. The molecule has 5 rings (SSSR count). The van der Waals surface area contributed by atoms with Crippen LogP contribution in [0.3, 0.4) is 0 Å². The molecule has 3 aromatic carbocycles. The first kappa shape index (κ1) is 26.7. The summed E-state index contributed by atoms with van der Waals surface area (Å²) >= 11 is 0. The fraction of sp³-hybridized carbons (Fsp3) is 0.182. The Bertz CT molecular complexity index is 1680. The molecular weight excluding hydrogens is 500 g/mol. The third-order valence-electron chi connectivity index (χ3n) is 6.63.